The molecule has 13 heavy (non-hydrogen) atoms. The molecule has 0 fully saturated rings. The first-order valence-corrected chi connectivity index (χ1v) is 3.81. The van der Waals surface area contributed by atoms with Crippen LogP contribution in [0.1, 0.15) is 11.7 Å². The van der Waals surface area contributed by atoms with Gasteiger partial charge in [0.2, 0.25) is 0 Å². The lowest BCUT2D eigenvalue weighted by atomic mass is 10.1. The SMILES string of the molecule is COc1cccc([C@@H](O)C(=N)N)c1. The fourth-order valence-electron chi connectivity index (χ4n) is 0.991. The molecular formula is C9H12N2O2. The standard InChI is InChI=1S/C9H12N2O2/c1-13-7-4-2-3-6(5-7)8(12)9(10)11/h2-5,8,12H,1H3,(H3,10,11)/t8-/m1/s1. The van der Waals surface area contributed by atoms with Crippen molar-refractivity contribution in [3.05, 3.63) is 29.8 Å². The molecule has 0 aliphatic rings. The summed E-state index contributed by atoms with van der Waals surface area (Å²) >= 11 is 0. The number of ether oxygens (including phenoxy) is 1. The number of hydrogen-bond acceptors (Lipinski definition) is 3. The first-order valence-electron chi connectivity index (χ1n) is 3.81. The van der Waals surface area contributed by atoms with E-state index in [4.69, 9.17) is 15.9 Å². The topological polar surface area (TPSA) is 79.3 Å². The van der Waals surface area contributed by atoms with Gasteiger partial charge in [0.1, 0.15) is 17.7 Å². The molecule has 4 N–H and O–H groups in total. The number of nitrogens with two attached hydrogens (primary N) is 1. The number of aliphatic hydroxyl groups is 1. The van der Waals surface area contributed by atoms with Crippen LogP contribution in [-0.2, 0) is 0 Å². The molecule has 0 saturated heterocycles. The van der Waals surface area contributed by atoms with Gasteiger partial charge in [-0.1, -0.05) is 12.1 Å². The Morgan fingerprint density at radius 1 is 1.62 bits per heavy atom. The van der Waals surface area contributed by atoms with E-state index in [-0.39, 0.29) is 5.84 Å². The molecule has 0 aliphatic heterocycles. The van der Waals surface area contributed by atoms with Gasteiger partial charge in [0.15, 0.2) is 0 Å². The van der Waals surface area contributed by atoms with Gasteiger partial charge in [-0.15, -0.1) is 0 Å². The summed E-state index contributed by atoms with van der Waals surface area (Å²) < 4.78 is 4.96. The van der Waals surface area contributed by atoms with Crippen molar-refractivity contribution < 1.29 is 9.84 Å². The number of benzene rings is 1. The maximum atomic E-state index is 9.41. The van der Waals surface area contributed by atoms with Crippen LogP contribution in [0, 0.1) is 5.41 Å². The zero-order valence-corrected chi connectivity index (χ0v) is 7.32. The highest BCUT2D eigenvalue weighted by molar-refractivity contribution is 5.82. The first kappa shape index (κ1) is 9.54. The van der Waals surface area contributed by atoms with Crippen molar-refractivity contribution in [3.63, 3.8) is 0 Å². The Morgan fingerprint density at radius 2 is 2.31 bits per heavy atom. The van der Waals surface area contributed by atoms with Gasteiger partial charge in [0, 0.05) is 0 Å². The minimum Gasteiger partial charge on any atom is -0.497 e. The number of rotatable bonds is 3. The van der Waals surface area contributed by atoms with Crippen LogP contribution >= 0.6 is 0 Å². The molecule has 70 valence electrons. The summed E-state index contributed by atoms with van der Waals surface area (Å²) in [5, 5.41) is 16.5. The van der Waals surface area contributed by atoms with E-state index >= 15 is 0 Å². The van der Waals surface area contributed by atoms with Gasteiger partial charge >= 0.3 is 0 Å². The number of hydrogen-bond donors (Lipinski definition) is 3. The maximum absolute atomic E-state index is 9.41. The molecule has 0 radical (unpaired) electrons. The molecule has 0 spiro atoms. The molecule has 4 nitrogen and oxygen atoms in total. The van der Waals surface area contributed by atoms with Crippen LogP contribution in [0.5, 0.6) is 5.75 Å². The molecule has 1 aromatic carbocycles. The molecule has 0 bridgehead atoms. The third-order valence-corrected chi connectivity index (χ3v) is 1.70. The Labute approximate surface area is 76.5 Å². The van der Waals surface area contributed by atoms with Crippen LogP contribution in [0.15, 0.2) is 24.3 Å². The number of amidine groups is 1. The lowest BCUT2D eigenvalue weighted by molar-refractivity contribution is 0.244. The quantitative estimate of drug-likeness (QED) is 0.472. The normalized spacial score (nSPS) is 12.2. The highest BCUT2D eigenvalue weighted by Gasteiger charge is 2.10. The van der Waals surface area contributed by atoms with Crippen molar-refractivity contribution in [2.24, 2.45) is 5.73 Å². The van der Waals surface area contributed by atoms with Gasteiger partial charge in [-0.2, -0.15) is 0 Å². The second-order valence-corrected chi connectivity index (χ2v) is 2.63. The van der Waals surface area contributed by atoms with E-state index in [1.807, 2.05) is 0 Å². The van der Waals surface area contributed by atoms with Crippen molar-refractivity contribution in [1.29, 1.82) is 5.41 Å². The lowest BCUT2D eigenvalue weighted by Crippen LogP contribution is -2.19. The van der Waals surface area contributed by atoms with E-state index in [9.17, 15) is 5.11 Å². The summed E-state index contributed by atoms with van der Waals surface area (Å²) in [4.78, 5) is 0. The van der Waals surface area contributed by atoms with Crippen LogP contribution < -0.4 is 10.5 Å². The Hall–Kier alpha value is -1.55. The summed E-state index contributed by atoms with van der Waals surface area (Å²) in [6.45, 7) is 0. The third kappa shape index (κ3) is 2.19. The zero-order chi connectivity index (χ0) is 9.84. The van der Waals surface area contributed by atoms with Crippen molar-refractivity contribution in [2.75, 3.05) is 7.11 Å². The van der Waals surface area contributed by atoms with Gasteiger partial charge in [-0.3, -0.25) is 5.41 Å². The largest absolute Gasteiger partial charge is 0.497 e. The molecule has 4 heteroatoms. The highest BCUT2D eigenvalue weighted by atomic mass is 16.5. The van der Waals surface area contributed by atoms with Crippen molar-refractivity contribution in [2.45, 2.75) is 6.10 Å². The maximum Gasteiger partial charge on any atom is 0.136 e. The summed E-state index contributed by atoms with van der Waals surface area (Å²) in [5.41, 5.74) is 5.71. The number of nitrogens with one attached hydrogen (secondary N) is 1. The first-order chi connectivity index (χ1) is 6.15. The minimum absolute atomic E-state index is 0.270. The molecule has 0 saturated carbocycles. The Kier molecular flexibility index (Phi) is 2.87. The molecule has 1 atom stereocenters. The lowest BCUT2D eigenvalue weighted by Gasteiger charge is -2.09. The summed E-state index contributed by atoms with van der Waals surface area (Å²) in [6, 6.07) is 6.83. The van der Waals surface area contributed by atoms with Crippen LogP contribution in [-0.4, -0.2) is 18.1 Å². The molecule has 0 heterocycles. The van der Waals surface area contributed by atoms with Gasteiger partial charge in [0.25, 0.3) is 0 Å². The average Bonchev–Trinajstić information content (AvgIpc) is 2.16. The molecule has 0 aromatic heterocycles. The fourth-order valence-corrected chi connectivity index (χ4v) is 0.991. The molecule has 0 unspecified atom stereocenters. The number of aliphatic hydroxyl groups excluding tert-OH is 1. The smallest absolute Gasteiger partial charge is 0.136 e. The molecule has 0 aliphatic carbocycles. The van der Waals surface area contributed by atoms with E-state index in [1.165, 1.54) is 0 Å². The summed E-state index contributed by atoms with van der Waals surface area (Å²) in [7, 11) is 1.54. The van der Waals surface area contributed by atoms with Crippen molar-refractivity contribution >= 4 is 5.84 Å². The van der Waals surface area contributed by atoms with E-state index in [1.54, 1.807) is 31.4 Å². The van der Waals surface area contributed by atoms with E-state index in [2.05, 4.69) is 0 Å². The summed E-state index contributed by atoms with van der Waals surface area (Å²) in [5.74, 6) is 0.367. The summed E-state index contributed by atoms with van der Waals surface area (Å²) in [6.07, 6.45) is -1.05. The van der Waals surface area contributed by atoms with Gasteiger partial charge in [0.05, 0.1) is 7.11 Å². The van der Waals surface area contributed by atoms with E-state index in [0.29, 0.717) is 11.3 Å². The second-order valence-electron chi connectivity index (χ2n) is 2.63. The fraction of sp³-hybridized carbons (Fsp3) is 0.222. The number of methoxy groups -OCH3 is 1. The molecule has 0 amide bonds. The molecular weight excluding hydrogens is 168 g/mol. The molecule has 1 aromatic rings. The predicted molar refractivity (Wildman–Crippen MR) is 49.9 cm³/mol. The Morgan fingerprint density at radius 3 is 2.85 bits per heavy atom. The second kappa shape index (κ2) is 3.91. The third-order valence-electron chi connectivity index (χ3n) is 1.70. The highest BCUT2D eigenvalue weighted by Crippen LogP contribution is 2.18. The van der Waals surface area contributed by atoms with E-state index in [0.717, 1.165) is 0 Å². The van der Waals surface area contributed by atoms with Crippen molar-refractivity contribution in [1.82, 2.24) is 0 Å². The van der Waals surface area contributed by atoms with Gasteiger partial charge < -0.3 is 15.6 Å². The minimum atomic E-state index is -1.05. The Balaban J connectivity index is 2.94. The zero-order valence-electron chi connectivity index (χ0n) is 7.32. The van der Waals surface area contributed by atoms with E-state index < -0.39 is 6.10 Å². The monoisotopic (exact) mass is 180 g/mol. The van der Waals surface area contributed by atoms with Gasteiger partial charge in [-0.05, 0) is 17.7 Å². The molecule has 1 rings (SSSR count). The van der Waals surface area contributed by atoms with Crippen LogP contribution in [0.25, 0.3) is 0 Å². The Bertz CT molecular complexity index is 312. The van der Waals surface area contributed by atoms with Crippen LogP contribution in [0.2, 0.25) is 0 Å². The predicted octanol–water partition coefficient (Wildman–Crippen LogP) is 0.665. The van der Waals surface area contributed by atoms with Crippen LogP contribution in [0.3, 0.4) is 0 Å². The average molecular weight is 180 g/mol. The van der Waals surface area contributed by atoms with Crippen molar-refractivity contribution in [3.8, 4) is 5.75 Å². The van der Waals surface area contributed by atoms with Crippen LogP contribution in [0.4, 0.5) is 0 Å². The van der Waals surface area contributed by atoms with Gasteiger partial charge in [-0.25, -0.2) is 0 Å².